The van der Waals surface area contributed by atoms with E-state index in [4.69, 9.17) is 20.2 Å². The topological polar surface area (TPSA) is 135 Å². The largest absolute Gasteiger partial charge is 0.493 e. The minimum absolute atomic E-state index is 0.412. The maximum absolute atomic E-state index is 11.2. The van der Waals surface area contributed by atoms with E-state index in [1.807, 2.05) is 54.6 Å². The molecule has 1 saturated heterocycles. The van der Waals surface area contributed by atoms with Crippen molar-refractivity contribution in [3.8, 4) is 16.9 Å². The van der Waals surface area contributed by atoms with E-state index >= 15 is 0 Å². The van der Waals surface area contributed by atoms with Crippen LogP contribution in [-0.2, 0) is 11.3 Å². The predicted octanol–water partition coefficient (Wildman–Crippen LogP) is 3.43. The molecule has 9 nitrogen and oxygen atoms in total. The van der Waals surface area contributed by atoms with Gasteiger partial charge in [-0.1, -0.05) is 54.6 Å². The Morgan fingerprint density at radius 2 is 1.85 bits per heavy atom. The van der Waals surface area contributed by atoms with Crippen LogP contribution in [0.25, 0.3) is 22.2 Å². The molecular formula is C30H36N4O5. The van der Waals surface area contributed by atoms with E-state index in [9.17, 15) is 15.3 Å². The average molecular weight is 533 g/mol. The summed E-state index contributed by atoms with van der Waals surface area (Å²) in [5, 5.41) is 34.9. The summed E-state index contributed by atoms with van der Waals surface area (Å²) in [5.41, 5.74) is 8.52. The van der Waals surface area contributed by atoms with Crippen LogP contribution >= 0.6 is 0 Å². The maximum atomic E-state index is 11.2. The first-order chi connectivity index (χ1) is 18.9. The van der Waals surface area contributed by atoms with Crippen LogP contribution in [0.2, 0.25) is 0 Å². The molecule has 206 valence electrons. The van der Waals surface area contributed by atoms with Crippen molar-refractivity contribution in [2.75, 3.05) is 25.1 Å². The summed E-state index contributed by atoms with van der Waals surface area (Å²) in [6.45, 7) is 2.73. The number of benzene rings is 3. The number of aliphatic hydroxyl groups excluding tert-OH is 2. The maximum Gasteiger partial charge on any atom is 0.206 e. The van der Waals surface area contributed by atoms with Gasteiger partial charge in [0, 0.05) is 12.1 Å². The fourth-order valence-corrected chi connectivity index (χ4v) is 5.03. The zero-order valence-corrected chi connectivity index (χ0v) is 22.0. The second-order valence-corrected chi connectivity index (χ2v) is 10.1. The van der Waals surface area contributed by atoms with Gasteiger partial charge in [-0.25, -0.2) is 4.98 Å². The second kappa shape index (κ2) is 11.7. The molecule has 1 aliphatic rings. The lowest BCUT2D eigenvalue weighted by Gasteiger charge is -2.29. The summed E-state index contributed by atoms with van der Waals surface area (Å²) < 4.78 is 13.9. The van der Waals surface area contributed by atoms with Crippen LogP contribution in [0.5, 0.6) is 5.75 Å². The second-order valence-electron chi connectivity index (χ2n) is 10.1. The van der Waals surface area contributed by atoms with Gasteiger partial charge in [0.15, 0.2) is 6.23 Å². The molecule has 4 unspecified atom stereocenters. The summed E-state index contributed by atoms with van der Waals surface area (Å²) >= 11 is 0. The van der Waals surface area contributed by atoms with E-state index in [0.29, 0.717) is 31.2 Å². The van der Waals surface area contributed by atoms with E-state index in [1.54, 1.807) is 4.57 Å². The summed E-state index contributed by atoms with van der Waals surface area (Å²) in [4.78, 5) is 4.74. The number of imidazole rings is 1. The zero-order chi connectivity index (χ0) is 27.4. The molecule has 0 amide bonds. The lowest BCUT2D eigenvalue weighted by molar-refractivity contribution is -0.0939. The standard InChI is InChI=1S/C30H36N4O5/c1-30(37)27(36)26(19-35)39-28(30)34-24-12-6-5-11-23(24)33-29(34)32-18-20-13-14-22(21-9-3-2-4-10-21)25(17-20)38-16-8-7-15-31/h2-6,9-14,17,26-28,35-37H,7-8,15-16,18-19,31H2,1H3,(H,32,33). The van der Waals surface area contributed by atoms with Crippen LogP contribution in [0.1, 0.15) is 31.6 Å². The number of fused-ring (bicyclic) bond motifs is 1. The number of unbranched alkanes of at least 4 members (excludes halogenated alkanes) is 1. The van der Waals surface area contributed by atoms with Gasteiger partial charge in [0.1, 0.15) is 23.6 Å². The van der Waals surface area contributed by atoms with Crippen LogP contribution < -0.4 is 15.8 Å². The van der Waals surface area contributed by atoms with Crippen molar-refractivity contribution in [3.05, 3.63) is 78.4 Å². The highest BCUT2D eigenvalue weighted by molar-refractivity contribution is 5.79. The molecule has 9 heteroatoms. The van der Waals surface area contributed by atoms with Crippen molar-refractivity contribution < 1.29 is 24.8 Å². The summed E-state index contributed by atoms with van der Waals surface area (Å²) in [7, 11) is 0. The third-order valence-electron chi connectivity index (χ3n) is 7.20. The third kappa shape index (κ3) is 5.50. The smallest absolute Gasteiger partial charge is 0.206 e. The van der Waals surface area contributed by atoms with Gasteiger partial charge >= 0.3 is 0 Å². The fourth-order valence-electron chi connectivity index (χ4n) is 5.03. The molecule has 0 spiro atoms. The first-order valence-corrected chi connectivity index (χ1v) is 13.3. The van der Waals surface area contributed by atoms with Gasteiger partial charge in [-0.05, 0) is 55.6 Å². The minimum Gasteiger partial charge on any atom is -0.493 e. The number of nitrogens with zero attached hydrogens (tertiary/aromatic N) is 2. The lowest BCUT2D eigenvalue weighted by atomic mass is 9.96. The molecular weight excluding hydrogens is 496 g/mol. The highest BCUT2D eigenvalue weighted by Gasteiger charge is 2.53. The number of nitrogens with two attached hydrogens (primary N) is 1. The van der Waals surface area contributed by atoms with Gasteiger partial charge in [0.05, 0.1) is 24.2 Å². The van der Waals surface area contributed by atoms with Crippen LogP contribution in [0.3, 0.4) is 0 Å². The highest BCUT2D eigenvalue weighted by atomic mass is 16.6. The molecule has 1 aliphatic heterocycles. The van der Waals surface area contributed by atoms with E-state index in [-0.39, 0.29) is 0 Å². The molecule has 4 aromatic rings. The molecule has 2 heterocycles. The highest BCUT2D eigenvalue weighted by Crippen LogP contribution is 2.41. The third-order valence-corrected chi connectivity index (χ3v) is 7.20. The monoisotopic (exact) mass is 532 g/mol. The van der Waals surface area contributed by atoms with Gasteiger partial charge in [-0.3, -0.25) is 4.57 Å². The number of aliphatic hydroxyl groups is 3. The number of aromatic nitrogens is 2. The van der Waals surface area contributed by atoms with Crippen molar-refractivity contribution in [2.24, 2.45) is 5.73 Å². The number of nitrogens with one attached hydrogen (secondary N) is 1. The summed E-state index contributed by atoms with van der Waals surface area (Å²) in [6, 6.07) is 23.8. The molecule has 4 atom stereocenters. The molecule has 39 heavy (non-hydrogen) atoms. The number of para-hydroxylation sites is 2. The van der Waals surface area contributed by atoms with Gasteiger partial charge in [0.25, 0.3) is 0 Å². The molecule has 3 aromatic carbocycles. The predicted molar refractivity (Wildman–Crippen MR) is 150 cm³/mol. The van der Waals surface area contributed by atoms with E-state index in [1.165, 1.54) is 6.92 Å². The van der Waals surface area contributed by atoms with Crippen molar-refractivity contribution in [1.29, 1.82) is 0 Å². The molecule has 1 aromatic heterocycles. The van der Waals surface area contributed by atoms with Crippen LogP contribution in [0.4, 0.5) is 5.95 Å². The average Bonchev–Trinajstić information content (AvgIpc) is 3.43. The summed E-state index contributed by atoms with van der Waals surface area (Å²) in [5.74, 6) is 1.27. The van der Waals surface area contributed by atoms with E-state index in [2.05, 4.69) is 23.5 Å². The quantitative estimate of drug-likeness (QED) is 0.186. The summed E-state index contributed by atoms with van der Waals surface area (Å²) in [6.07, 6.45) is -1.35. The molecule has 6 N–H and O–H groups in total. The number of hydrogen-bond donors (Lipinski definition) is 5. The van der Waals surface area contributed by atoms with Crippen LogP contribution in [0.15, 0.2) is 72.8 Å². The molecule has 0 aliphatic carbocycles. The Labute approximate surface area is 227 Å². The molecule has 0 radical (unpaired) electrons. The molecule has 1 fully saturated rings. The first kappa shape index (κ1) is 27.1. The molecule has 5 rings (SSSR count). The Morgan fingerprint density at radius 1 is 1.08 bits per heavy atom. The van der Waals surface area contributed by atoms with Crippen LogP contribution in [0, 0.1) is 0 Å². The van der Waals surface area contributed by atoms with Gasteiger partial charge in [0.2, 0.25) is 5.95 Å². The number of hydrogen-bond acceptors (Lipinski definition) is 8. The van der Waals surface area contributed by atoms with Gasteiger partial charge in [-0.15, -0.1) is 0 Å². The zero-order valence-electron chi connectivity index (χ0n) is 22.0. The van der Waals surface area contributed by atoms with E-state index < -0.39 is 30.6 Å². The number of rotatable bonds is 11. The van der Waals surface area contributed by atoms with Crippen molar-refractivity contribution in [1.82, 2.24) is 9.55 Å². The normalized spacial score (nSPS) is 22.8. The molecule has 0 bridgehead atoms. The van der Waals surface area contributed by atoms with Gasteiger partial charge in [-0.2, -0.15) is 0 Å². The van der Waals surface area contributed by atoms with Crippen molar-refractivity contribution >= 4 is 17.0 Å². The Balaban J connectivity index is 1.44. The van der Waals surface area contributed by atoms with Crippen LogP contribution in [-0.4, -0.2) is 62.4 Å². The van der Waals surface area contributed by atoms with Crippen molar-refractivity contribution in [2.45, 2.75) is 50.3 Å². The Bertz CT molecular complexity index is 1390. The van der Waals surface area contributed by atoms with Crippen molar-refractivity contribution in [3.63, 3.8) is 0 Å². The minimum atomic E-state index is -1.64. The lowest BCUT2D eigenvalue weighted by Crippen LogP contribution is -2.44. The number of ether oxygens (including phenoxy) is 2. The van der Waals surface area contributed by atoms with E-state index in [0.717, 1.165) is 40.8 Å². The SMILES string of the molecule is CC1(O)C(O)C(CO)OC1n1c(NCc2ccc(-c3ccccc3)c(OCCCCN)c2)nc2ccccc21. The molecule has 0 saturated carbocycles. The Hall–Kier alpha value is -3.47. The Kier molecular flexibility index (Phi) is 8.15. The number of anilines is 1. The Morgan fingerprint density at radius 3 is 2.59 bits per heavy atom. The van der Waals surface area contributed by atoms with Gasteiger partial charge < -0.3 is 35.8 Å². The first-order valence-electron chi connectivity index (χ1n) is 13.3. The fraction of sp³-hybridized carbons (Fsp3) is 0.367.